The van der Waals surface area contributed by atoms with E-state index in [1.165, 1.54) is 47.6 Å². The summed E-state index contributed by atoms with van der Waals surface area (Å²) < 4.78 is 25.7. The van der Waals surface area contributed by atoms with E-state index in [0.29, 0.717) is 18.6 Å². The first kappa shape index (κ1) is 23.7. The molecule has 0 spiro atoms. The highest BCUT2D eigenvalue weighted by atomic mass is 19.1. The molecule has 2 heterocycles. The van der Waals surface area contributed by atoms with Crippen LogP contribution in [0.2, 0.25) is 0 Å². The van der Waals surface area contributed by atoms with Crippen LogP contribution >= 0.6 is 0 Å². The van der Waals surface area contributed by atoms with E-state index in [0.717, 1.165) is 19.3 Å². The zero-order chi connectivity index (χ0) is 25.5. The van der Waals surface area contributed by atoms with Gasteiger partial charge in [-0.1, -0.05) is 48.5 Å². The number of rotatable bonds is 5. The predicted molar refractivity (Wildman–Crippen MR) is 138 cm³/mol. The summed E-state index contributed by atoms with van der Waals surface area (Å²) in [7, 11) is 1.50. The van der Waals surface area contributed by atoms with Crippen LogP contribution in [0, 0.1) is 11.7 Å². The molecule has 5 nitrogen and oxygen atoms in total. The standard InChI is InChI=1S/C31H30FNO4/c1-36-22-13-14-29(32)27(17-22)30(34)19-15-20-7-6-8-21(16-19)33(20)31(35)37-18-28-25-11-4-2-9-23(25)24-10-3-5-12-26(24)28/h2-5,9-14,17,19-21,28H,6-8,15-16,18H2,1H3. The van der Waals surface area contributed by atoms with Gasteiger partial charge in [0.1, 0.15) is 18.2 Å². The van der Waals surface area contributed by atoms with Gasteiger partial charge in [-0.2, -0.15) is 0 Å². The molecule has 3 aliphatic rings. The zero-order valence-corrected chi connectivity index (χ0v) is 20.9. The van der Waals surface area contributed by atoms with Crippen LogP contribution in [0.5, 0.6) is 5.75 Å². The molecule has 1 aliphatic carbocycles. The number of methoxy groups -OCH3 is 1. The maximum absolute atomic E-state index is 14.5. The van der Waals surface area contributed by atoms with Crippen molar-refractivity contribution in [1.82, 2.24) is 4.90 Å². The van der Waals surface area contributed by atoms with E-state index in [1.54, 1.807) is 0 Å². The number of piperidine rings is 2. The maximum Gasteiger partial charge on any atom is 0.410 e. The van der Waals surface area contributed by atoms with Gasteiger partial charge in [-0.3, -0.25) is 4.79 Å². The first-order chi connectivity index (χ1) is 18.0. The van der Waals surface area contributed by atoms with Crippen LogP contribution in [0.15, 0.2) is 66.7 Å². The van der Waals surface area contributed by atoms with Crippen molar-refractivity contribution in [1.29, 1.82) is 0 Å². The summed E-state index contributed by atoms with van der Waals surface area (Å²) in [5.74, 6) is -0.600. The van der Waals surface area contributed by atoms with Gasteiger partial charge in [-0.25, -0.2) is 9.18 Å². The Hall–Kier alpha value is -3.67. The normalized spacial score (nSPS) is 22.2. The van der Waals surface area contributed by atoms with Gasteiger partial charge >= 0.3 is 6.09 Å². The Balaban J connectivity index is 1.17. The molecular weight excluding hydrogens is 469 g/mol. The average molecular weight is 500 g/mol. The smallest absolute Gasteiger partial charge is 0.410 e. The summed E-state index contributed by atoms with van der Waals surface area (Å²) in [6, 6.07) is 20.7. The Bertz CT molecular complexity index is 1300. The molecule has 3 aromatic rings. The van der Waals surface area contributed by atoms with E-state index in [2.05, 4.69) is 24.3 Å². The van der Waals surface area contributed by atoms with Crippen LogP contribution in [0.3, 0.4) is 0 Å². The third-order valence-corrected chi connectivity index (χ3v) is 8.33. The largest absolute Gasteiger partial charge is 0.497 e. The Morgan fingerprint density at radius 2 is 1.54 bits per heavy atom. The molecular formula is C31H30FNO4. The van der Waals surface area contributed by atoms with Gasteiger partial charge < -0.3 is 14.4 Å². The summed E-state index contributed by atoms with van der Waals surface area (Å²) in [5, 5.41) is 0. The second-order valence-electron chi connectivity index (χ2n) is 10.3. The summed E-state index contributed by atoms with van der Waals surface area (Å²) in [5.41, 5.74) is 4.82. The molecule has 1 amide bonds. The fraction of sp³-hybridized carbons (Fsp3) is 0.355. The lowest BCUT2D eigenvalue weighted by Crippen LogP contribution is -2.56. The van der Waals surface area contributed by atoms with Crippen molar-refractivity contribution in [2.24, 2.45) is 5.92 Å². The fourth-order valence-electron chi connectivity index (χ4n) is 6.60. The predicted octanol–water partition coefficient (Wildman–Crippen LogP) is 6.60. The van der Waals surface area contributed by atoms with E-state index in [4.69, 9.17) is 9.47 Å². The number of hydrogen-bond donors (Lipinski definition) is 0. The number of benzene rings is 3. The number of fused-ring (bicyclic) bond motifs is 5. The Labute approximate surface area is 216 Å². The molecule has 190 valence electrons. The number of hydrogen-bond acceptors (Lipinski definition) is 4. The quantitative estimate of drug-likeness (QED) is 0.371. The van der Waals surface area contributed by atoms with Gasteiger partial charge in [0.25, 0.3) is 0 Å². The molecule has 2 unspecified atom stereocenters. The molecule has 2 aliphatic heterocycles. The minimum absolute atomic E-state index is 0.00587. The third-order valence-electron chi connectivity index (χ3n) is 8.33. The second kappa shape index (κ2) is 9.66. The summed E-state index contributed by atoms with van der Waals surface area (Å²) in [6.45, 7) is 0.278. The van der Waals surface area contributed by atoms with Crippen molar-refractivity contribution in [3.05, 3.63) is 89.2 Å². The summed E-state index contributed by atoms with van der Waals surface area (Å²) in [6.07, 6.45) is 3.40. The number of nitrogens with zero attached hydrogens (tertiary/aromatic N) is 1. The number of carbonyl (C=O) groups excluding carboxylic acids is 2. The van der Waals surface area contributed by atoms with Gasteiger partial charge in [0.05, 0.1) is 12.7 Å². The highest BCUT2D eigenvalue weighted by Crippen LogP contribution is 2.45. The Morgan fingerprint density at radius 3 is 2.16 bits per heavy atom. The molecule has 6 heteroatoms. The van der Waals surface area contributed by atoms with Crippen molar-refractivity contribution in [2.45, 2.75) is 50.1 Å². The molecule has 2 atom stereocenters. The summed E-state index contributed by atoms with van der Waals surface area (Å²) >= 11 is 0. The number of amides is 1. The zero-order valence-electron chi connectivity index (χ0n) is 20.9. The van der Waals surface area contributed by atoms with Crippen molar-refractivity contribution in [2.75, 3.05) is 13.7 Å². The topological polar surface area (TPSA) is 55.8 Å². The first-order valence-electron chi connectivity index (χ1n) is 13.1. The third kappa shape index (κ3) is 4.18. The lowest BCUT2D eigenvalue weighted by atomic mass is 9.76. The molecule has 2 saturated heterocycles. The number of halogens is 1. The molecule has 0 aromatic heterocycles. The highest BCUT2D eigenvalue weighted by molar-refractivity contribution is 5.98. The van der Waals surface area contributed by atoms with Crippen LogP contribution in [0.25, 0.3) is 11.1 Å². The van der Waals surface area contributed by atoms with Gasteiger partial charge in [0.15, 0.2) is 5.78 Å². The van der Waals surface area contributed by atoms with Gasteiger partial charge in [-0.15, -0.1) is 0 Å². The van der Waals surface area contributed by atoms with E-state index in [9.17, 15) is 14.0 Å². The molecule has 2 fully saturated rings. The molecule has 6 rings (SSSR count). The highest BCUT2D eigenvalue weighted by Gasteiger charge is 2.44. The first-order valence-corrected chi connectivity index (χ1v) is 13.1. The van der Waals surface area contributed by atoms with E-state index in [-0.39, 0.29) is 48.0 Å². The SMILES string of the molecule is COc1ccc(F)c(C(=O)C2CC3CCCC(C2)N3C(=O)OCC2c3ccccc3-c3ccccc32)c1. The van der Waals surface area contributed by atoms with Crippen molar-refractivity contribution in [3.8, 4) is 16.9 Å². The van der Waals surface area contributed by atoms with Gasteiger partial charge in [0, 0.05) is 23.9 Å². The summed E-state index contributed by atoms with van der Waals surface area (Å²) in [4.78, 5) is 28.6. The van der Waals surface area contributed by atoms with Crippen molar-refractivity contribution in [3.63, 3.8) is 0 Å². The number of carbonyl (C=O) groups is 2. The second-order valence-corrected chi connectivity index (χ2v) is 10.3. The van der Waals surface area contributed by atoms with E-state index >= 15 is 0 Å². The number of ether oxygens (including phenoxy) is 2. The molecule has 0 radical (unpaired) electrons. The van der Waals surface area contributed by atoms with Crippen LogP contribution in [-0.2, 0) is 4.74 Å². The van der Waals surface area contributed by atoms with E-state index in [1.807, 2.05) is 29.2 Å². The number of Topliss-reactive ketones (excluding diaryl/α,β-unsaturated/α-hetero) is 1. The van der Waals surface area contributed by atoms with Crippen molar-refractivity contribution < 1.29 is 23.5 Å². The monoisotopic (exact) mass is 499 g/mol. The number of ketones is 1. The molecule has 37 heavy (non-hydrogen) atoms. The fourth-order valence-corrected chi connectivity index (χ4v) is 6.60. The van der Waals surface area contributed by atoms with Crippen LogP contribution in [0.1, 0.15) is 59.5 Å². The van der Waals surface area contributed by atoms with Crippen LogP contribution < -0.4 is 4.74 Å². The van der Waals surface area contributed by atoms with Crippen molar-refractivity contribution >= 4 is 11.9 Å². The van der Waals surface area contributed by atoms with Gasteiger partial charge in [0.2, 0.25) is 0 Å². The minimum Gasteiger partial charge on any atom is -0.497 e. The molecule has 0 N–H and O–H groups in total. The minimum atomic E-state index is -0.532. The Kier molecular flexibility index (Phi) is 6.19. The van der Waals surface area contributed by atoms with Gasteiger partial charge in [-0.05, 0) is 72.6 Å². The lowest BCUT2D eigenvalue weighted by Gasteiger charge is -2.47. The lowest BCUT2D eigenvalue weighted by molar-refractivity contribution is 0.00642. The molecule has 3 aromatic carbocycles. The molecule has 0 saturated carbocycles. The van der Waals surface area contributed by atoms with Crippen LogP contribution in [0.4, 0.5) is 9.18 Å². The maximum atomic E-state index is 14.5. The molecule has 2 bridgehead atoms. The average Bonchev–Trinajstić information content (AvgIpc) is 3.24. The van der Waals surface area contributed by atoms with Crippen LogP contribution in [-0.4, -0.2) is 42.6 Å². The Morgan fingerprint density at radius 1 is 0.919 bits per heavy atom. The van der Waals surface area contributed by atoms with E-state index < -0.39 is 5.82 Å².